The van der Waals surface area contributed by atoms with Gasteiger partial charge >= 0.3 is 5.97 Å². The summed E-state index contributed by atoms with van der Waals surface area (Å²) >= 11 is 1.23. The summed E-state index contributed by atoms with van der Waals surface area (Å²) in [6, 6.07) is 32.5. The normalized spacial score (nSPS) is 14.1. The van der Waals surface area contributed by atoms with Gasteiger partial charge in [-0.1, -0.05) is 78.1 Å². The second-order valence-corrected chi connectivity index (χ2v) is 14.1. The van der Waals surface area contributed by atoms with Crippen LogP contribution in [0, 0.1) is 10.1 Å². The van der Waals surface area contributed by atoms with Crippen LogP contribution >= 0.6 is 11.3 Å². The van der Waals surface area contributed by atoms with Crippen LogP contribution in [0.5, 0.6) is 11.5 Å². The van der Waals surface area contributed by atoms with E-state index in [1.807, 2.05) is 92.7 Å². The molecule has 0 radical (unpaired) electrons. The predicted molar refractivity (Wildman–Crippen MR) is 212 cm³/mol. The molecule has 7 rings (SSSR count). The van der Waals surface area contributed by atoms with Gasteiger partial charge < -0.3 is 18.8 Å². The fraction of sp³-hybridized carbons (Fsp3) is 0.186. The van der Waals surface area contributed by atoms with Crippen LogP contribution in [0.15, 0.2) is 130 Å². The largest absolute Gasteiger partial charge is 0.493 e. The first kappa shape index (κ1) is 36.8. The van der Waals surface area contributed by atoms with Crippen molar-refractivity contribution in [3.63, 3.8) is 0 Å². The average Bonchev–Trinajstić information content (AvgIpc) is 3.71. The molecule has 0 bridgehead atoms. The molecule has 0 aliphatic carbocycles. The second-order valence-electron chi connectivity index (χ2n) is 13.1. The molecule has 11 nitrogen and oxygen atoms in total. The number of esters is 1. The van der Waals surface area contributed by atoms with Crippen LogP contribution in [-0.2, 0) is 9.53 Å². The number of methoxy groups -OCH3 is 1. The van der Waals surface area contributed by atoms with E-state index in [4.69, 9.17) is 19.2 Å². The standard InChI is InChI=1S/C43H38N4O7S/c1-6-53-42(49)38-27(4)44-43-46(40(38)30-17-22-35(54-26(2)3)36(24-30)52-5)41(48)37(55-43)25-31-23-34(28-13-9-7-10-14-28)45(39(31)29-15-11-8-12-16-29)32-18-20-33(21-19-32)47(50)51/h7-26,40H,6H2,1-5H3/b37-25+/t40-/m0/s1. The Labute approximate surface area is 320 Å². The molecule has 6 aromatic rings. The summed E-state index contributed by atoms with van der Waals surface area (Å²) in [7, 11) is 1.54. The van der Waals surface area contributed by atoms with Crippen LogP contribution < -0.4 is 24.4 Å². The number of fused-ring (bicyclic) bond motifs is 1. The Morgan fingerprint density at radius 1 is 0.945 bits per heavy atom. The summed E-state index contributed by atoms with van der Waals surface area (Å²) in [5.41, 5.74) is 5.79. The number of nitro groups is 1. The Balaban J connectivity index is 1.49. The van der Waals surface area contributed by atoms with Crippen LogP contribution in [0.3, 0.4) is 0 Å². The molecule has 1 aliphatic heterocycles. The Morgan fingerprint density at radius 3 is 2.24 bits per heavy atom. The maximum atomic E-state index is 14.8. The Bertz CT molecular complexity index is 2620. The second kappa shape index (κ2) is 15.4. The van der Waals surface area contributed by atoms with E-state index in [2.05, 4.69) is 4.57 Å². The van der Waals surface area contributed by atoms with Crippen molar-refractivity contribution in [2.75, 3.05) is 13.7 Å². The number of hydrogen-bond donors (Lipinski definition) is 0. The number of carbonyl (C=O) groups excluding carboxylic acids is 1. The monoisotopic (exact) mass is 754 g/mol. The average molecular weight is 755 g/mol. The molecule has 12 heteroatoms. The number of thiazole rings is 1. The van der Waals surface area contributed by atoms with Crippen molar-refractivity contribution >= 4 is 29.1 Å². The highest BCUT2D eigenvalue weighted by molar-refractivity contribution is 7.07. The molecule has 0 spiro atoms. The van der Waals surface area contributed by atoms with Crippen molar-refractivity contribution in [3.8, 4) is 39.7 Å². The van der Waals surface area contributed by atoms with Gasteiger partial charge in [-0.15, -0.1) is 0 Å². The lowest BCUT2D eigenvalue weighted by atomic mass is 9.95. The van der Waals surface area contributed by atoms with Crippen LogP contribution in [0.1, 0.15) is 44.9 Å². The third-order valence-electron chi connectivity index (χ3n) is 9.14. The third kappa shape index (κ3) is 7.11. The molecule has 278 valence electrons. The first-order chi connectivity index (χ1) is 26.6. The summed E-state index contributed by atoms with van der Waals surface area (Å²) in [6.07, 6.45) is 1.74. The molecular formula is C43H38N4O7S. The molecule has 55 heavy (non-hydrogen) atoms. The van der Waals surface area contributed by atoms with Gasteiger partial charge in [-0.3, -0.25) is 19.5 Å². The highest BCUT2D eigenvalue weighted by Crippen LogP contribution is 2.38. The van der Waals surface area contributed by atoms with E-state index in [0.29, 0.717) is 37.8 Å². The highest BCUT2D eigenvalue weighted by Gasteiger charge is 2.34. The van der Waals surface area contributed by atoms with E-state index in [9.17, 15) is 19.7 Å². The fourth-order valence-electron chi connectivity index (χ4n) is 6.80. The van der Waals surface area contributed by atoms with E-state index in [-0.39, 0.29) is 29.5 Å². The van der Waals surface area contributed by atoms with Gasteiger partial charge in [0.05, 0.1) is 58.0 Å². The minimum Gasteiger partial charge on any atom is -0.493 e. The number of aromatic nitrogens is 2. The van der Waals surface area contributed by atoms with Gasteiger partial charge in [0, 0.05) is 23.4 Å². The van der Waals surface area contributed by atoms with Crippen molar-refractivity contribution in [1.82, 2.24) is 9.13 Å². The molecule has 4 aromatic carbocycles. The summed E-state index contributed by atoms with van der Waals surface area (Å²) in [4.78, 5) is 44.7. The molecule has 1 atom stereocenters. The molecule has 0 fully saturated rings. The number of nitrogens with zero attached hydrogens (tertiary/aromatic N) is 4. The minimum absolute atomic E-state index is 0.0218. The Hall–Kier alpha value is -6.53. The van der Waals surface area contributed by atoms with E-state index >= 15 is 0 Å². The number of ether oxygens (including phenoxy) is 3. The lowest BCUT2D eigenvalue weighted by Gasteiger charge is -2.25. The number of non-ortho nitro benzene ring substituents is 1. The van der Waals surface area contributed by atoms with Gasteiger partial charge in [0.15, 0.2) is 16.3 Å². The topological polar surface area (TPSA) is 127 Å². The molecule has 1 aliphatic rings. The number of nitro benzene ring substituents is 1. The van der Waals surface area contributed by atoms with Gasteiger partial charge in [-0.25, -0.2) is 9.79 Å². The summed E-state index contributed by atoms with van der Waals surface area (Å²) in [6.45, 7) is 7.46. The Kier molecular flexibility index (Phi) is 10.3. The SMILES string of the molecule is CCOC(=O)C1=C(C)N=c2s/c(=C/c3cc(-c4ccccc4)n(-c4ccc([N+](=O)[O-])cc4)c3-c3ccccc3)c(=O)n2[C@H]1c1ccc(OC(C)C)c(OC)c1. The molecule has 0 amide bonds. The number of allylic oxidation sites excluding steroid dienone is 1. The zero-order chi connectivity index (χ0) is 38.8. The highest BCUT2D eigenvalue weighted by atomic mass is 32.1. The minimum atomic E-state index is -0.863. The molecule has 2 aromatic heterocycles. The van der Waals surface area contributed by atoms with E-state index in [1.54, 1.807) is 49.8 Å². The van der Waals surface area contributed by atoms with Gasteiger partial charge in [-0.05, 0) is 80.8 Å². The number of benzene rings is 4. The molecule has 3 heterocycles. The summed E-state index contributed by atoms with van der Waals surface area (Å²) in [5.74, 6) is 0.426. The van der Waals surface area contributed by atoms with E-state index in [0.717, 1.165) is 28.1 Å². The number of hydrogen-bond acceptors (Lipinski definition) is 9. The van der Waals surface area contributed by atoms with Gasteiger partial charge in [0.1, 0.15) is 0 Å². The maximum absolute atomic E-state index is 14.8. The van der Waals surface area contributed by atoms with Crippen molar-refractivity contribution in [2.24, 2.45) is 4.99 Å². The van der Waals surface area contributed by atoms with Crippen molar-refractivity contribution in [2.45, 2.75) is 39.8 Å². The van der Waals surface area contributed by atoms with E-state index < -0.39 is 16.9 Å². The number of carbonyl (C=O) groups is 1. The van der Waals surface area contributed by atoms with E-state index in [1.165, 1.54) is 23.5 Å². The number of rotatable bonds is 11. The smallest absolute Gasteiger partial charge is 0.338 e. The summed E-state index contributed by atoms with van der Waals surface area (Å²) in [5, 5.41) is 11.6. The third-order valence-corrected chi connectivity index (χ3v) is 10.1. The van der Waals surface area contributed by atoms with Gasteiger partial charge in [0.25, 0.3) is 11.2 Å². The molecule has 0 saturated heterocycles. The molecule has 0 saturated carbocycles. The quantitative estimate of drug-likeness (QED) is 0.0757. The molecular weight excluding hydrogens is 717 g/mol. The molecule has 0 unspecified atom stereocenters. The first-order valence-electron chi connectivity index (χ1n) is 17.7. The van der Waals surface area contributed by atoms with Crippen LogP contribution in [-0.4, -0.2) is 39.8 Å². The van der Waals surface area contributed by atoms with Gasteiger partial charge in [0.2, 0.25) is 0 Å². The lowest BCUT2D eigenvalue weighted by Crippen LogP contribution is -2.40. The van der Waals surface area contributed by atoms with Crippen molar-refractivity contribution in [3.05, 3.63) is 161 Å². The van der Waals surface area contributed by atoms with Gasteiger partial charge in [-0.2, -0.15) is 0 Å². The van der Waals surface area contributed by atoms with Crippen molar-refractivity contribution < 1.29 is 23.9 Å². The lowest BCUT2D eigenvalue weighted by molar-refractivity contribution is -0.384. The predicted octanol–water partition coefficient (Wildman–Crippen LogP) is 7.63. The first-order valence-corrected chi connectivity index (χ1v) is 18.6. The van der Waals surface area contributed by atoms with Crippen LogP contribution in [0.4, 0.5) is 5.69 Å². The van der Waals surface area contributed by atoms with Crippen LogP contribution in [0.25, 0.3) is 34.3 Å². The fourth-order valence-corrected chi connectivity index (χ4v) is 7.84. The Morgan fingerprint density at radius 2 is 1.62 bits per heavy atom. The zero-order valence-electron chi connectivity index (χ0n) is 30.9. The van der Waals surface area contributed by atoms with Crippen molar-refractivity contribution in [1.29, 1.82) is 0 Å². The summed E-state index contributed by atoms with van der Waals surface area (Å²) < 4.78 is 21.2. The molecule has 0 N–H and O–H groups in total. The maximum Gasteiger partial charge on any atom is 0.338 e. The van der Waals surface area contributed by atoms with Crippen LogP contribution in [0.2, 0.25) is 0 Å². The zero-order valence-corrected chi connectivity index (χ0v) is 31.7.